The highest BCUT2D eigenvalue weighted by Gasteiger charge is 2.25. The summed E-state index contributed by atoms with van der Waals surface area (Å²) in [6, 6.07) is -0.743. The van der Waals surface area contributed by atoms with Crippen molar-refractivity contribution in [2.45, 2.75) is 180 Å². The van der Waals surface area contributed by atoms with Crippen LogP contribution in [0.5, 0.6) is 0 Å². The van der Waals surface area contributed by atoms with Gasteiger partial charge in [-0.1, -0.05) is 157 Å². The molecule has 0 radical (unpaired) electrons. The Kier molecular flexibility index (Phi) is 38.8. The van der Waals surface area contributed by atoms with Gasteiger partial charge in [0.25, 0.3) is 0 Å². The van der Waals surface area contributed by atoms with Crippen molar-refractivity contribution in [2.24, 2.45) is 0 Å². The van der Waals surface area contributed by atoms with E-state index in [1.54, 1.807) is 21.1 Å². The molecule has 0 saturated carbocycles. The van der Waals surface area contributed by atoms with Crippen molar-refractivity contribution in [2.75, 3.05) is 41.0 Å². The molecule has 0 aromatic carbocycles. The van der Waals surface area contributed by atoms with Crippen LogP contribution in [0.3, 0.4) is 0 Å². The Morgan fingerprint density at radius 3 is 1.54 bits per heavy atom. The molecule has 2 unspecified atom stereocenters. The first-order valence-corrected chi connectivity index (χ1v) is 23.1. The third-order valence-corrected chi connectivity index (χ3v) is 9.82. The maximum absolute atomic E-state index is 12.7. The van der Waals surface area contributed by atoms with Gasteiger partial charge in [0.2, 0.25) is 0 Å². The minimum Gasteiger partial charge on any atom is -0.544 e. The number of carboxylic acids is 1. The molecule has 0 fully saturated rings. The number of ether oxygens (including phenoxy) is 3. The van der Waals surface area contributed by atoms with Crippen molar-refractivity contribution in [1.29, 1.82) is 0 Å². The van der Waals surface area contributed by atoms with Crippen molar-refractivity contribution in [3.63, 3.8) is 0 Å². The molecule has 0 bridgehead atoms. The maximum Gasteiger partial charge on any atom is 0.306 e. The second-order valence-electron chi connectivity index (χ2n) is 16.3. The monoisotopic (exact) mass is 824 g/mol. The zero-order valence-corrected chi connectivity index (χ0v) is 38.1. The maximum atomic E-state index is 12.7. The molecule has 0 aliphatic heterocycles. The number of unbranched alkanes of at least 4 members (excludes halogenated alkanes) is 14. The number of hydrogen-bond donors (Lipinski definition) is 0. The van der Waals surface area contributed by atoms with E-state index in [1.807, 2.05) is 0 Å². The number of carbonyl (C=O) groups excluding carboxylic acids is 3. The molecule has 0 amide bonds. The fraction of sp³-hybridized carbons (Fsp3) is 0.667. The van der Waals surface area contributed by atoms with Crippen LogP contribution < -0.4 is 5.11 Å². The Balaban J connectivity index is 4.48. The van der Waals surface area contributed by atoms with E-state index in [2.05, 4.69) is 98.9 Å². The first-order chi connectivity index (χ1) is 28.6. The summed E-state index contributed by atoms with van der Waals surface area (Å²) in [5, 5.41) is 11.6. The minimum atomic E-state index is -1.14. The van der Waals surface area contributed by atoms with Crippen molar-refractivity contribution in [3.8, 4) is 0 Å². The van der Waals surface area contributed by atoms with E-state index < -0.39 is 18.1 Å². The second-order valence-corrected chi connectivity index (χ2v) is 16.3. The molecule has 0 heterocycles. The Labute approximate surface area is 361 Å². The minimum absolute atomic E-state index is 0.00718. The van der Waals surface area contributed by atoms with Gasteiger partial charge < -0.3 is 28.6 Å². The second kappa shape index (κ2) is 41.3. The summed E-state index contributed by atoms with van der Waals surface area (Å²) in [6.07, 6.45) is 53.2. The first-order valence-electron chi connectivity index (χ1n) is 23.1. The van der Waals surface area contributed by atoms with Crippen molar-refractivity contribution in [3.05, 3.63) is 85.1 Å². The van der Waals surface area contributed by atoms with Crippen LogP contribution in [-0.2, 0) is 28.6 Å². The van der Waals surface area contributed by atoms with Gasteiger partial charge in [0.15, 0.2) is 6.10 Å². The van der Waals surface area contributed by atoms with Crippen LogP contribution in [0.15, 0.2) is 85.1 Å². The lowest BCUT2D eigenvalue weighted by Gasteiger charge is -2.34. The Hall–Kier alpha value is -3.49. The molecule has 0 rings (SSSR count). The molecule has 0 aromatic heterocycles. The third-order valence-electron chi connectivity index (χ3n) is 9.82. The highest BCUT2D eigenvalue weighted by molar-refractivity contribution is 5.70. The highest BCUT2D eigenvalue weighted by Crippen LogP contribution is 2.12. The number of carbonyl (C=O) groups is 3. The number of quaternary nitrogens is 1. The number of likely N-dealkylation sites (N-methyl/N-ethyl adjacent to an activating group) is 1. The van der Waals surface area contributed by atoms with Crippen LogP contribution in [0.4, 0.5) is 0 Å². The molecular formula is C51H85NO7. The van der Waals surface area contributed by atoms with E-state index in [9.17, 15) is 19.5 Å². The van der Waals surface area contributed by atoms with E-state index in [1.165, 1.54) is 57.8 Å². The summed E-state index contributed by atoms with van der Waals surface area (Å²) >= 11 is 0. The predicted octanol–water partition coefficient (Wildman–Crippen LogP) is 11.6. The van der Waals surface area contributed by atoms with Gasteiger partial charge in [-0.05, 0) is 77.0 Å². The van der Waals surface area contributed by atoms with Gasteiger partial charge in [0.1, 0.15) is 12.6 Å². The summed E-state index contributed by atoms with van der Waals surface area (Å²) < 4.78 is 17.1. The van der Waals surface area contributed by atoms with Gasteiger partial charge in [-0.15, -0.1) is 0 Å². The molecule has 0 spiro atoms. The lowest BCUT2D eigenvalue weighted by Crippen LogP contribution is -2.55. The Bertz CT molecular complexity index is 1240. The first kappa shape index (κ1) is 55.5. The van der Waals surface area contributed by atoms with E-state index in [-0.39, 0.29) is 49.1 Å². The highest BCUT2D eigenvalue weighted by atomic mass is 16.6. The molecule has 59 heavy (non-hydrogen) atoms. The van der Waals surface area contributed by atoms with E-state index >= 15 is 0 Å². The van der Waals surface area contributed by atoms with Crippen LogP contribution in [-0.4, -0.2) is 75.5 Å². The largest absolute Gasteiger partial charge is 0.544 e. The summed E-state index contributed by atoms with van der Waals surface area (Å²) in [5.74, 6) is -1.84. The standard InChI is InChI=1S/C51H85NO7/c1-6-8-10-12-14-16-18-20-22-24-26-27-29-31-33-35-37-39-41-49(53)58-46-47(45-57-44-43-48(51(55)56)52(3,4)5)59-50(54)42-40-38-36-34-32-30-28-25-23-21-19-17-15-13-11-9-7-2/h15,17-18,20-24,26-28,30,34,36,47-48H,6-14,16,19,25,29,31-33,35,37-46H2,1-5H3/b17-15+,20-18+,23-21+,24-22+,27-26+,30-28+,36-34+. The Morgan fingerprint density at radius 2 is 0.983 bits per heavy atom. The van der Waals surface area contributed by atoms with Crippen LogP contribution in [0.1, 0.15) is 168 Å². The predicted molar refractivity (Wildman–Crippen MR) is 245 cm³/mol. The molecule has 8 nitrogen and oxygen atoms in total. The van der Waals surface area contributed by atoms with Gasteiger partial charge in [-0.3, -0.25) is 9.59 Å². The van der Waals surface area contributed by atoms with Crippen molar-refractivity contribution < 1.29 is 38.2 Å². The molecule has 0 aliphatic carbocycles. The van der Waals surface area contributed by atoms with Gasteiger partial charge in [-0.25, -0.2) is 0 Å². The molecule has 336 valence electrons. The summed E-state index contributed by atoms with van der Waals surface area (Å²) in [7, 11) is 5.37. The molecule has 0 N–H and O–H groups in total. The number of allylic oxidation sites excluding steroid dienone is 14. The molecular weight excluding hydrogens is 739 g/mol. The van der Waals surface area contributed by atoms with Gasteiger partial charge >= 0.3 is 11.9 Å². The lowest BCUT2D eigenvalue weighted by atomic mass is 10.1. The molecule has 2 atom stereocenters. The average molecular weight is 824 g/mol. The number of hydrogen-bond acceptors (Lipinski definition) is 7. The smallest absolute Gasteiger partial charge is 0.306 e. The number of aliphatic carboxylic acids is 1. The topological polar surface area (TPSA) is 102 Å². The van der Waals surface area contributed by atoms with Crippen LogP contribution in [0.25, 0.3) is 0 Å². The average Bonchev–Trinajstić information content (AvgIpc) is 3.19. The van der Waals surface area contributed by atoms with Gasteiger partial charge in [0, 0.05) is 19.3 Å². The quantitative estimate of drug-likeness (QED) is 0.0199. The summed E-state index contributed by atoms with van der Waals surface area (Å²) in [5.41, 5.74) is 0. The van der Waals surface area contributed by atoms with Crippen LogP contribution >= 0.6 is 0 Å². The number of carboxylic acid groups (broad SMARTS) is 1. The SMILES string of the molecule is CCCCC/C=C/C/C=C/C/C=C/C/C=C/CCCC(=O)OC(COCCC(C(=O)[O-])[N+](C)(C)C)COC(=O)CCCCCCC/C=C/C=C/C=C/CCCCCCC. The van der Waals surface area contributed by atoms with E-state index in [4.69, 9.17) is 14.2 Å². The number of rotatable bonds is 40. The normalized spacial score (nSPS) is 13.7. The fourth-order valence-corrected chi connectivity index (χ4v) is 6.18. The van der Waals surface area contributed by atoms with Gasteiger partial charge in [-0.2, -0.15) is 0 Å². The van der Waals surface area contributed by atoms with Crippen molar-refractivity contribution in [1.82, 2.24) is 0 Å². The van der Waals surface area contributed by atoms with Crippen LogP contribution in [0.2, 0.25) is 0 Å². The van der Waals surface area contributed by atoms with E-state index in [0.717, 1.165) is 70.6 Å². The lowest BCUT2D eigenvalue weighted by molar-refractivity contribution is -0.889. The zero-order valence-electron chi connectivity index (χ0n) is 38.1. The fourth-order valence-electron chi connectivity index (χ4n) is 6.18. The molecule has 0 saturated heterocycles. The summed E-state index contributed by atoms with van der Waals surface area (Å²) in [6.45, 7) is 4.52. The van der Waals surface area contributed by atoms with Crippen LogP contribution in [0, 0.1) is 0 Å². The van der Waals surface area contributed by atoms with E-state index in [0.29, 0.717) is 12.8 Å². The zero-order chi connectivity index (χ0) is 43.5. The Morgan fingerprint density at radius 1 is 0.525 bits per heavy atom. The van der Waals surface area contributed by atoms with Gasteiger partial charge in [0.05, 0.1) is 40.3 Å². The molecule has 0 aromatic rings. The summed E-state index contributed by atoms with van der Waals surface area (Å²) in [4.78, 5) is 36.9. The molecule has 8 heteroatoms. The molecule has 0 aliphatic rings. The number of nitrogens with zero attached hydrogens (tertiary/aromatic N) is 1. The van der Waals surface area contributed by atoms with Crippen molar-refractivity contribution >= 4 is 17.9 Å². The third kappa shape index (κ3) is 39.7. The number of esters is 2.